The maximum atomic E-state index is 5.86. The van der Waals surface area contributed by atoms with E-state index in [1.807, 2.05) is 31.2 Å². The summed E-state index contributed by atoms with van der Waals surface area (Å²) < 4.78 is 0. The summed E-state index contributed by atoms with van der Waals surface area (Å²) >= 11 is 5.86. The highest BCUT2D eigenvalue weighted by Gasteiger charge is 2.11. The Kier molecular flexibility index (Phi) is 3.26. The molecule has 2 rings (SSSR count). The Hall–Kier alpha value is -1.65. The SMILES string of the molecule is Cc1nc(N)nc(CN)c1-c1ccc(Cl)cc1. The van der Waals surface area contributed by atoms with Crippen LogP contribution in [-0.4, -0.2) is 9.97 Å². The Balaban J connectivity index is 2.61. The molecule has 0 atom stereocenters. The molecule has 1 aromatic heterocycles. The van der Waals surface area contributed by atoms with Crippen molar-refractivity contribution in [1.29, 1.82) is 0 Å². The molecular weight excluding hydrogens is 236 g/mol. The average molecular weight is 249 g/mol. The van der Waals surface area contributed by atoms with Crippen LogP contribution in [0.3, 0.4) is 0 Å². The number of aryl methyl sites for hydroxylation is 1. The summed E-state index contributed by atoms with van der Waals surface area (Å²) in [6.45, 7) is 2.21. The van der Waals surface area contributed by atoms with Gasteiger partial charge in [0.05, 0.1) is 11.4 Å². The molecule has 0 aliphatic rings. The highest BCUT2D eigenvalue weighted by molar-refractivity contribution is 6.30. The molecule has 0 saturated heterocycles. The molecule has 88 valence electrons. The third kappa shape index (κ3) is 2.38. The monoisotopic (exact) mass is 248 g/mol. The number of hydrogen-bond donors (Lipinski definition) is 2. The molecule has 0 fully saturated rings. The van der Waals surface area contributed by atoms with Crippen LogP contribution < -0.4 is 11.5 Å². The Labute approximate surface area is 105 Å². The van der Waals surface area contributed by atoms with E-state index in [1.54, 1.807) is 0 Å². The zero-order valence-electron chi connectivity index (χ0n) is 9.44. The van der Waals surface area contributed by atoms with Gasteiger partial charge in [-0.2, -0.15) is 0 Å². The molecule has 0 amide bonds. The lowest BCUT2D eigenvalue weighted by atomic mass is 10.0. The molecule has 0 unspecified atom stereocenters. The van der Waals surface area contributed by atoms with Gasteiger partial charge in [0.1, 0.15) is 0 Å². The van der Waals surface area contributed by atoms with Crippen LogP contribution in [0.1, 0.15) is 11.4 Å². The smallest absolute Gasteiger partial charge is 0.220 e. The first kappa shape index (κ1) is 11.8. The highest BCUT2D eigenvalue weighted by atomic mass is 35.5. The lowest BCUT2D eigenvalue weighted by Gasteiger charge is -2.11. The van der Waals surface area contributed by atoms with E-state index in [-0.39, 0.29) is 5.95 Å². The third-order valence-corrected chi connectivity index (χ3v) is 2.76. The molecule has 1 heterocycles. The fourth-order valence-electron chi connectivity index (χ4n) is 1.80. The van der Waals surface area contributed by atoms with E-state index in [0.717, 1.165) is 22.5 Å². The number of hydrogen-bond acceptors (Lipinski definition) is 4. The summed E-state index contributed by atoms with van der Waals surface area (Å²) in [7, 11) is 0. The lowest BCUT2D eigenvalue weighted by Crippen LogP contribution is -2.08. The van der Waals surface area contributed by atoms with Crippen LogP contribution in [0.5, 0.6) is 0 Å². The molecule has 1 aromatic carbocycles. The Morgan fingerprint density at radius 3 is 2.41 bits per heavy atom. The van der Waals surface area contributed by atoms with E-state index in [0.29, 0.717) is 11.6 Å². The van der Waals surface area contributed by atoms with Crippen LogP contribution >= 0.6 is 11.6 Å². The quantitative estimate of drug-likeness (QED) is 0.854. The lowest BCUT2D eigenvalue weighted by molar-refractivity contribution is 0.961. The maximum Gasteiger partial charge on any atom is 0.220 e. The van der Waals surface area contributed by atoms with Gasteiger partial charge in [-0.15, -0.1) is 0 Å². The van der Waals surface area contributed by atoms with E-state index < -0.39 is 0 Å². The fraction of sp³-hybridized carbons (Fsp3) is 0.167. The van der Waals surface area contributed by atoms with Gasteiger partial charge in [0, 0.05) is 17.1 Å². The maximum absolute atomic E-state index is 5.86. The normalized spacial score (nSPS) is 10.5. The van der Waals surface area contributed by atoms with Crippen molar-refractivity contribution >= 4 is 17.5 Å². The van der Waals surface area contributed by atoms with Crippen molar-refractivity contribution in [2.24, 2.45) is 5.73 Å². The van der Waals surface area contributed by atoms with E-state index in [9.17, 15) is 0 Å². The van der Waals surface area contributed by atoms with Gasteiger partial charge in [-0.25, -0.2) is 9.97 Å². The van der Waals surface area contributed by atoms with Gasteiger partial charge in [-0.1, -0.05) is 23.7 Å². The molecule has 0 saturated carbocycles. The van der Waals surface area contributed by atoms with Crippen LogP contribution in [0.25, 0.3) is 11.1 Å². The van der Waals surface area contributed by atoms with Crippen molar-refractivity contribution in [3.63, 3.8) is 0 Å². The number of nitrogens with zero attached hydrogens (tertiary/aromatic N) is 2. The summed E-state index contributed by atoms with van der Waals surface area (Å²) in [6.07, 6.45) is 0. The fourth-order valence-corrected chi connectivity index (χ4v) is 1.92. The molecule has 5 heteroatoms. The van der Waals surface area contributed by atoms with Gasteiger partial charge in [0.2, 0.25) is 5.95 Å². The first-order valence-corrected chi connectivity index (χ1v) is 5.58. The topological polar surface area (TPSA) is 77.8 Å². The zero-order chi connectivity index (χ0) is 12.4. The van der Waals surface area contributed by atoms with Crippen molar-refractivity contribution < 1.29 is 0 Å². The molecule has 0 bridgehead atoms. The first-order chi connectivity index (χ1) is 8.11. The Morgan fingerprint density at radius 2 is 1.82 bits per heavy atom. The second kappa shape index (κ2) is 4.69. The molecular formula is C12H13ClN4. The van der Waals surface area contributed by atoms with E-state index in [1.165, 1.54) is 0 Å². The van der Waals surface area contributed by atoms with Crippen molar-refractivity contribution in [3.05, 3.63) is 40.7 Å². The molecule has 0 spiro atoms. The summed E-state index contributed by atoms with van der Waals surface area (Å²) in [6, 6.07) is 7.49. The van der Waals surface area contributed by atoms with Crippen molar-refractivity contribution in [2.45, 2.75) is 13.5 Å². The van der Waals surface area contributed by atoms with Gasteiger partial charge >= 0.3 is 0 Å². The van der Waals surface area contributed by atoms with Gasteiger partial charge < -0.3 is 11.5 Å². The predicted octanol–water partition coefficient (Wildman–Crippen LogP) is 2.15. The molecule has 17 heavy (non-hydrogen) atoms. The number of aromatic nitrogens is 2. The predicted molar refractivity (Wildman–Crippen MR) is 69.5 cm³/mol. The van der Waals surface area contributed by atoms with Gasteiger partial charge in [0.25, 0.3) is 0 Å². The minimum Gasteiger partial charge on any atom is -0.368 e. The highest BCUT2D eigenvalue weighted by Crippen LogP contribution is 2.26. The van der Waals surface area contributed by atoms with Crippen LogP contribution in [0.4, 0.5) is 5.95 Å². The van der Waals surface area contributed by atoms with Gasteiger partial charge in [-0.05, 0) is 24.6 Å². The van der Waals surface area contributed by atoms with Crippen molar-refractivity contribution in [2.75, 3.05) is 5.73 Å². The molecule has 4 N–H and O–H groups in total. The van der Waals surface area contributed by atoms with Crippen LogP contribution in [0.15, 0.2) is 24.3 Å². The number of halogens is 1. The molecule has 0 radical (unpaired) electrons. The molecule has 0 aliphatic heterocycles. The zero-order valence-corrected chi connectivity index (χ0v) is 10.2. The number of nitrogens with two attached hydrogens (primary N) is 2. The third-order valence-electron chi connectivity index (χ3n) is 2.51. The summed E-state index contributed by atoms with van der Waals surface area (Å²) in [5.41, 5.74) is 14.8. The van der Waals surface area contributed by atoms with Crippen molar-refractivity contribution in [3.8, 4) is 11.1 Å². The van der Waals surface area contributed by atoms with Gasteiger partial charge in [-0.3, -0.25) is 0 Å². The van der Waals surface area contributed by atoms with E-state index in [4.69, 9.17) is 23.1 Å². The van der Waals surface area contributed by atoms with Crippen LogP contribution in [0.2, 0.25) is 5.02 Å². The second-order valence-electron chi connectivity index (χ2n) is 3.70. The van der Waals surface area contributed by atoms with Crippen LogP contribution in [-0.2, 0) is 6.54 Å². The number of nitrogen functional groups attached to an aromatic ring is 1. The molecule has 4 nitrogen and oxygen atoms in total. The van der Waals surface area contributed by atoms with Crippen LogP contribution in [0, 0.1) is 6.92 Å². The number of rotatable bonds is 2. The number of anilines is 1. The minimum atomic E-state index is 0.251. The van der Waals surface area contributed by atoms with Gasteiger partial charge in [0.15, 0.2) is 0 Å². The minimum absolute atomic E-state index is 0.251. The van der Waals surface area contributed by atoms with E-state index >= 15 is 0 Å². The summed E-state index contributed by atoms with van der Waals surface area (Å²) in [5.74, 6) is 0.251. The van der Waals surface area contributed by atoms with Crippen molar-refractivity contribution in [1.82, 2.24) is 9.97 Å². The molecule has 0 aliphatic carbocycles. The average Bonchev–Trinajstić information content (AvgIpc) is 2.30. The Morgan fingerprint density at radius 1 is 1.18 bits per heavy atom. The first-order valence-electron chi connectivity index (χ1n) is 5.21. The Bertz CT molecular complexity index is 537. The largest absolute Gasteiger partial charge is 0.368 e. The van der Waals surface area contributed by atoms with E-state index in [2.05, 4.69) is 9.97 Å². The second-order valence-corrected chi connectivity index (χ2v) is 4.14. The standard InChI is InChI=1S/C12H13ClN4/c1-7-11(8-2-4-9(13)5-3-8)10(6-14)17-12(15)16-7/h2-5H,6,14H2,1H3,(H2,15,16,17). The summed E-state index contributed by atoms with van der Waals surface area (Å²) in [5, 5.41) is 0.692. The summed E-state index contributed by atoms with van der Waals surface area (Å²) in [4.78, 5) is 8.32. The molecule has 2 aromatic rings. The number of benzene rings is 1.